The van der Waals surface area contributed by atoms with Gasteiger partial charge in [0.1, 0.15) is 11.5 Å². The summed E-state index contributed by atoms with van der Waals surface area (Å²) in [6.45, 7) is 3.38. The number of aryl methyl sites for hydroxylation is 1. The fourth-order valence-corrected chi connectivity index (χ4v) is 4.76. The lowest BCUT2D eigenvalue weighted by Crippen LogP contribution is -2.33. The van der Waals surface area contributed by atoms with E-state index in [9.17, 15) is 4.79 Å². The molecule has 36 heavy (non-hydrogen) atoms. The van der Waals surface area contributed by atoms with Gasteiger partial charge in [0.05, 0.1) is 23.6 Å². The van der Waals surface area contributed by atoms with E-state index in [0.29, 0.717) is 25.3 Å². The maximum absolute atomic E-state index is 12.3. The molecule has 1 aliphatic rings. The van der Waals surface area contributed by atoms with Crippen molar-refractivity contribution in [1.29, 1.82) is 0 Å². The lowest BCUT2D eigenvalue weighted by molar-refractivity contribution is -0.121. The number of nitrogens with two attached hydrogens (primary N) is 1. The quantitative estimate of drug-likeness (QED) is 0.436. The van der Waals surface area contributed by atoms with Crippen molar-refractivity contribution in [2.24, 2.45) is 0 Å². The molecule has 1 atom stereocenters. The molecular weight excluding hydrogens is 450 g/mol. The largest absolute Gasteiger partial charge is 0.383 e. The number of pyridine rings is 1. The minimum Gasteiger partial charge on any atom is -0.383 e. The molecule has 0 unspecified atom stereocenters. The van der Waals surface area contributed by atoms with Gasteiger partial charge in [-0.2, -0.15) is 10.2 Å². The van der Waals surface area contributed by atoms with Gasteiger partial charge >= 0.3 is 0 Å². The zero-order chi connectivity index (χ0) is 24.9. The summed E-state index contributed by atoms with van der Waals surface area (Å²) in [5, 5.41) is 13.6. The third-order valence-corrected chi connectivity index (χ3v) is 6.67. The zero-order valence-corrected chi connectivity index (χ0v) is 20.7. The predicted octanol–water partition coefficient (Wildman–Crippen LogP) is 4.80. The van der Waals surface area contributed by atoms with E-state index in [1.807, 2.05) is 53.1 Å². The van der Waals surface area contributed by atoms with E-state index >= 15 is 0 Å². The number of hydrogen-bond donors (Lipinski definition) is 2. The second-order valence-electron chi connectivity index (χ2n) is 9.57. The molecule has 4 heterocycles. The number of rotatable bonds is 3. The van der Waals surface area contributed by atoms with Gasteiger partial charge in [-0.1, -0.05) is 48.9 Å². The molecule has 1 aromatic carbocycles. The second-order valence-corrected chi connectivity index (χ2v) is 9.57. The molecule has 0 spiro atoms. The molecule has 4 aromatic rings. The number of allylic oxidation sites excluding steroid dienone is 1. The number of nitrogen functional groups attached to an aromatic ring is 1. The normalized spacial score (nSPS) is 18.4. The number of carbonyl (C=O) groups excluding carboxylic acids is 1. The van der Waals surface area contributed by atoms with Crippen molar-refractivity contribution in [2.45, 2.75) is 64.6 Å². The van der Waals surface area contributed by atoms with E-state index in [0.717, 1.165) is 59.8 Å². The van der Waals surface area contributed by atoms with Gasteiger partial charge in [0.25, 0.3) is 0 Å². The molecule has 8 nitrogen and oxygen atoms in total. The minimum atomic E-state index is 0.0529. The minimum absolute atomic E-state index is 0.0529. The Hall–Kier alpha value is -3.94. The molecule has 8 heteroatoms. The van der Waals surface area contributed by atoms with Crippen molar-refractivity contribution >= 4 is 28.7 Å². The maximum atomic E-state index is 12.3. The molecular formula is C28H33N7O. The molecule has 0 radical (unpaired) electrons. The van der Waals surface area contributed by atoms with E-state index in [1.165, 1.54) is 5.56 Å². The molecule has 3 aromatic heterocycles. The molecule has 1 aliphatic heterocycles. The first kappa shape index (κ1) is 23.8. The fraction of sp³-hybridized carbons (Fsp3) is 0.357. The van der Waals surface area contributed by atoms with Crippen molar-refractivity contribution < 1.29 is 4.79 Å². The van der Waals surface area contributed by atoms with Crippen molar-refractivity contribution in [3.63, 3.8) is 0 Å². The third-order valence-electron chi connectivity index (χ3n) is 6.67. The average molecular weight is 484 g/mol. The molecule has 0 bridgehead atoms. The van der Waals surface area contributed by atoms with Gasteiger partial charge < -0.3 is 11.1 Å². The number of aromatic nitrogens is 5. The van der Waals surface area contributed by atoms with Crippen molar-refractivity contribution in [3.8, 4) is 11.3 Å². The van der Waals surface area contributed by atoms with Crippen LogP contribution in [0.4, 0.5) is 5.82 Å². The highest BCUT2D eigenvalue weighted by molar-refractivity contribution is 6.03. The highest BCUT2D eigenvalue weighted by Gasteiger charge is 2.20. The molecule has 5 rings (SSSR count). The lowest BCUT2D eigenvalue weighted by Gasteiger charge is -2.14. The summed E-state index contributed by atoms with van der Waals surface area (Å²) in [7, 11) is 0. The van der Waals surface area contributed by atoms with E-state index in [-0.39, 0.29) is 11.9 Å². The van der Waals surface area contributed by atoms with Crippen LogP contribution in [0.25, 0.3) is 28.2 Å². The van der Waals surface area contributed by atoms with Crippen molar-refractivity contribution in [3.05, 3.63) is 66.1 Å². The van der Waals surface area contributed by atoms with Crippen LogP contribution in [0.15, 0.2) is 55.0 Å². The van der Waals surface area contributed by atoms with E-state index < -0.39 is 0 Å². The summed E-state index contributed by atoms with van der Waals surface area (Å²) in [6, 6.07) is 10.3. The van der Waals surface area contributed by atoms with Crippen LogP contribution in [0.5, 0.6) is 0 Å². The molecule has 0 saturated heterocycles. The van der Waals surface area contributed by atoms with Crippen LogP contribution in [0.3, 0.4) is 0 Å². The van der Waals surface area contributed by atoms with Crippen LogP contribution in [-0.2, 0) is 17.9 Å². The van der Waals surface area contributed by atoms with Crippen LogP contribution < -0.4 is 11.1 Å². The average Bonchev–Trinajstić information content (AvgIpc) is 3.49. The fourth-order valence-electron chi connectivity index (χ4n) is 4.76. The smallest absolute Gasteiger partial charge is 0.220 e. The first-order valence-corrected chi connectivity index (χ1v) is 12.8. The summed E-state index contributed by atoms with van der Waals surface area (Å²) >= 11 is 0. The summed E-state index contributed by atoms with van der Waals surface area (Å²) in [6.07, 6.45) is 15.3. The van der Waals surface area contributed by atoms with Crippen LogP contribution >= 0.6 is 0 Å². The van der Waals surface area contributed by atoms with Gasteiger partial charge in [0, 0.05) is 42.5 Å². The Balaban J connectivity index is 1.54. The maximum Gasteiger partial charge on any atom is 0.220 e. The highest BCUT2D eigenvalue weighted by atomic mass is 16.1. The number of benzene rings is 1. The van der Waals surface area contributed by atoms with Crippen LogP contribution in [0.1, 0.15) is 56.6 Å². The second kappa shape index (κ2) is 10.8. The summed E-state index contributed by atoms with van der Waals surface area (Å²) < 4.78 is 3.93. The Labute approximate surface area is 211 Å². The Kier molecular flexibility index (Phi) is 7.11. The predicted molar refractivity (Wildman–Crippen MR) is 143 cm³/mol. The van der Waals surface area contributed by atoms with Crippen molar-refractivity contribution in [2.75, 3.05) is 5.73 Å². The standard InChI is InChI=1S/C28H33N7O/c1-20-14-15-35-27-22(12-8-3-2-4-9-13-24(36)32-20)16-30-28(29)25(27)26(33-35)23-17-31-34(19-23)18-21-10-6-5-7-11-21/h5-8,10-12,16-17,19-20H,2-4,9,13-15,18H2,1H3,(H2,29,30)(H,32,36)/b12-8+/t20-/m1/s1. The lowest BCUT2D eigenvalue weighted by atomic mass is 10.1. The molecule has 186 valence electrons. The summed E-state index contributed by atoms with van der Waals surface area (Å²) in [5.41, 5.74) is 11.3. The van der Waals surface area contributed by atoms with Gasteiger partial charge in [0.2, 0.25) is 5.91 Å². The van der Waals surface area contributed by atoms with E-state index in [4.69, 9.17) is 10.8 Å². The SMILES string of the molecule is C[C@@H]1CCn2nc(-c3cnn(Cc4ccccc4)c3)c3c(N)ncc(c32)/C=C/CCCCCC(=O)N1. The summed E-state index contributed by atoms with van der Waals surface area (Å²) in [4.78, 5) is 16.8. The van der Waals surface area contributed by atoms with Crippen LogP contribution in [0.2, 0.25) is 0 Å². The Morgan fingerprint density at radius 3 is 2.86 bits per heavy atom. The van der Waals surface area contributed by atoms with Gasteiger partial charge in [-0.15, -0.1) is 0 Å². The number of amides is 1. The van der Waals surface area contributed by atoms with Gasteiger partial charge in [-0.05, 0) is 38.2 Å². The Morgan fingerprint density at radius 2 is 2.00 bits per heavy atom. The topological polar surface area (TPSA) is 104 Å². The number of carbonyl (C=O) groups is 1. The molecule has 1 amide bonds. The van der Waals surface area contributed by atoms with Gasteiger partial charge in [-0.3, -0.25) is 14.2 Å². The molecule has 0 saturated carbocycles. The zero-order valence-electron chi connectivity index (χ0n) is 20.7. The van der Waals surface area contributed by atoms with Crippen LogP contribution in [0, 0.1) is 0 Å². The number of anilines is 1. The number of nitrogens with zero attached hydrogens (tertiary/aromatic N) is 5. The monoisotopic (exact) mass is 483 g/mol. The van der Waals surface area contributed by atoms with E-state index in [1.54, 1.807) is 0 Å². The Morgan fingerprint density at radius 1 is 1.14 bits per heavy atom. The van der Waals surface area contributed by atoms with E-state index in [2.05, 4.69) is 39.7 Å². The molecule has 3 N–H and O–H groups in total. The summed E-state index contributed by atoms with van der Waals surface area (Å²) in [5.74, 6) is 0.581. The molecule has 0 fully saturated rings. The van der Waals surface area contributed by atoms with Gasteiger partial charge in [0.15, 0.2) is 0 Å². The van der Waals surface area contributed by atoms with Crippen LogP contribution in [-0.4, -0.2) is 36.5 Å². The Bertz CT molecular complexity index is 1370. The van der Waals surface area contributed by atoms with Crippen molar-refractivity contribution in [1.82, 2.24) is 29.9 Å². The first-order chi connectivity index (χ1) is 17.6. The highest BCUT2D eigenvalue weighted by Crippen LogP contribution is 2.34. The number of nitrogens with one attached hydrogen (secondary N) is 1. The molecule has 0 aliphatic carbocycles. The van der Waals surface area contributed by atoms with Gasteiger partial charge in [-0.25, -0.2) is 4.98 Å². The number of hydrogen-bond acceptors (Lipinski definition) is 5. The third kappa shape index (κ3) is 5.32. The first-order valence-electron chi connectivity index (χ1n) is 12.8.